The van der Waals surface area contributed by atoms with E-state index in [0.717, 1.165) is 5.69 Å². The van der Waals surface area contributed by atoms with Crippen LogP contribution in [-0.4, -0.2) is 19.3 Å². The summed E-state index contributed by atoms with van der Waals surface area (Å²) in [5.41, 5.74) is 1.93. The number of carbonyl (C=O) groups excluding carboxylic acids is 1. The van der Waals surface area contributed by atoms with Crippen LogP contribution in [-0.2, 0) is 15.6 Å². The van der Waals surface area contributed by atoms with Gasteiger partial charge in [0.2, 0.25) is 0 Å². The first-order valence-corrected chi connectivity index (χ1v) is 10.1. The van der Waals surface area contributed by atoms with E-state index in [1.54, 1.807) is 54.6 Å². The first-order valence-electron chi connectivity index (χ1n) is 7.54. The van der Waals surface area contributed by atoms with Gasteiger partial charge >= 0.3 is 0 Å². The van der Waals surface area contributed by atoms with Crippen LogP contribution in [0.25, 0.3) is 0 Å². The second-order valence-corrected chi connectivity index (χ2v) is 8.36. The van der Waals surface area contributed by atoms with Gasteiger partial charge in [-0.25, -0.2) is 13.4 Å². The Morgan fingerprint density at radius 1 is 1.08 bits per heavy atom. The molecule has 3 aromatic rings. The molecule has 7 heteroatoms. The Morgan fingerprint density at radius 2 is 1.76 bits per heavy atom. The third kappa shape index (κ3) is 4.32. The molecular formula is C18H16N2O3S2. The third-order valence-corrected chi connectivity index (χ3v) is 6.09. The number of thiazole rings is 1. The second-order valence-electron chi connectivity index (χ2n) is 5.52. The van der Waals surface area contributed by atoms with Gasteiger partial charge in [-0.3, -0.25) is 10.1 Å². The quantitative estimate of drug-likeness (QED) is 0.741. The molecule has 0 aliphatic heterocycles. The summed E-state index contributed by atoms with van der Waals surface area (Å²) in [5, 5.41) is 5.12. The molecule has 0 saturated carbocycles. The zero-order chi connectivity index (χ0) is 17.9. The molecule has 0 bridgehead atoms. The van der Waals surface area contributed by atoms with Crippen molar-refractivity contribution in [2.24, 2.45) is 0 Å². The van der Waals surface area contributed by atoms with Crippen LogP contribution >= 0.6 is 11.3 Å². The molecule has 25 heavy (non-hydrogen) atoms. The van der Waals surface area contributed by atoms with Crippen molar-refractivity contribution in [1.29, 1.82) is 0 Å². The van der Waals surface area contributed by atoms with Gasteiger partial charge in [0.1, 0.15) is 0 Å². The van der Waals surface area contributed by atoms with Crippen molar-refractivity contribution in [1.82, 2.24) is 4.98 Å². The van der Waals surface area contributed by atoms with Gasteiger partial charge in [-0.15, -0.1) is 11.3 Å². The molecule has 3 rings (SSSR count). The summed E-state index contributed by atoms with van der Waals surface area (Å²) in [6, 6.07) is 14.9. The molecule has 1 heterocycles. The summed E-state index contributed by atoms with van der Waals surface area (Å²) in [6.45, 7) is 1.86. The number of benzene rings is 2. The number of hydrogen-bond acceptors (Lipinski definition) is 5. The van der Waals surface area contributed by atoms with Crippen molar-refractivity contribution in [2.75, 3.05) is 5.32 Å². The summed E-state index contributed by atoms with van der Waals surface area (Å²) >= 11 is 1.36. The fourth-order valence-electron chi connectivity index (χ4n) is 2.26. The Labute approximate surface area is 150 Å². The molecule has 0 radical (unpaired) electrons. The standard InChI is InChI=1S/C18H16N2O3S2/c1-13-11-24-18(19-13)20-17(21)15-9-7-14(8-10-15)12-25(22,23)16-5-3-2-4-6-16/h2-11H,12H2,1H3,(H,19,20,21). The molecule has 0 spiro atoms. The Kier molecular flexibility index (Phi) is 4.96. The monoisotopic (exact) mass is 372 g/mol. The highest BCUT2D eigenvalue weighted by Crippen LogP contribution is 2.18. The van der Waals surface area contributed by atoms with Crippen LogP contribution in [0.4, 0.5) is 5.13 Å². The van der Waals surface area contributed by atoms with Crippen LogP contribution < -0.4 is 5.32 Å². The molecule has 0 atom stereocenters. The van der Waals surface area contributed by atoms with E-state index in [-0.39, 0.29) is 16.6 Å². The molecule has 1 N–H and O–H groups in total. The van der Waals surface area contributed by atoms with Crippen molar-refractivity contribution in [3.63, 3.8) is 0 Å². The number of nitrogens with one attached hydrogen (secondary N) is 1. The Hall–Kier alpha value is -2.51. The average Bonchev–Trinajstić information content (AvgIpc) is 3.01. The van der Waals surface area contributed by atoms with E-state index < -0.39 is 9.84 Å². The molecule has 5 nitrogen and oxygen atoms in total. The minimum Gasteiger partial charge on any atom is -0.298 e. The fraction of sp³-hybridized carbons (Fsp3) is 0.111. The maximum absolute atomic E-state index is 12.4. The number of rotatable bonds is 5. The van der Waals surface area contributed by atoms with Gasteiger partial charge < -0.3 is 0 Å². The number of carbonyl (C=O) groups is 1. The van der Waals surface area contributed by atoms with Gasteiger partial charge in [-0.05, 0) is 36.8 Å². The van der Waals surface area contributed by atoms with E-state index in [1.165, 1.54) is 11.3 Å². The lowest BCUT2D eigenvalue weighted by molar-refractivity contribution is 0.102. The van der Waals surface area contributed by atoms with E-state index >= 15 is 0 Å². The van der Waals surface area contributed by atoms with Crippen LogP contribution in [0, 0.1) is 6.92 Å². The molecule has 0 aliphatic rings. The van der Waals surface area contributed by atoms with Gasteiger partial charge in [-0.1, -0.05) is 30.3 Å². The highest BCUT2D eigenvalue weighted by atomic mass is 32.2. The van der Waals surface area contributed by atoms with E-state index in [4.69, 9.17) is 0 Å². The zero-order valence-electron chi connectivity index (χ0n) is 13.5. The van der Waals surface area contributed by atoms with Crippen molar-refractivity contribution >= 4 is 32.2 Å². The molecule has 0 fully saturated rings. The minimum absolute atomic E-state index is 0.107. The topological polar surface area (TPSA) is 76.1 Å². The normalized spacial score (nSPS) is 11.2. The highest BCUT2D eigenvalue weighted by Gasteiger charge is 2.15. The predicted octanol–water partition coefficient (Wildman–Crippen LogP) is 3.68. The van der Waals surface area contributed by atoms with E-state index in [0.29, 0.717) is 16.3 Å². The first-order chi connectivity index (χ1) is 11.9. The SMILES string of the molecule is Cc1csc(NC(=O)c2ccc(CS(=O)(=O)c3ccccc3)cc2)n1. The van der Waals surface area contributed by atoms with Crippen LogP contribution in [0.15, 0.2) is 64.9 Å². The molecule has 1 amide bonds. The van der Waals surface area contributed by atoms with Crippen LogP contribution in [0.2, 0.25) is 0 Å². The van der Waals surface area contributed by atoms with Gasteiger partial charge in [0, 0.05) is 10.9 Å². The van der Waals surface area contributed by atoms with E-state index in [9.17, 15) is 13.2 Å². The summed E-state index contributed by atoms with van der Waals surface area (Å²) in [5.74, 6) is -0.378. The Bertz CT molecular complexity index is 979. The third-order valence-electron chi connectivity index (χ3n) is 3.51. The van der Waals surface area contributed by atoms with Crippen LogP contribution in [0.5, 0.6) is 0 Å². The van der Waals surface area contributed by atoms with Gasteiger partial charge in [0.05, 0.1) is 16.3 Å². The maximum atomic E-state index is 12.4. The smallest absolute Gasteiger partial charge is 0.257 e. The van der Waals surface area contributed by atoms with Crippen molar-refractivity contribution in [3.05, 3.63) is 76.8 Å². The van der Waals surface area contributed by atoms with Gasteiger partial charge in [0.25, 0.3) is 5.91 Å². The molecule has 0 saturated heterocycles. The number of nitrogens with zero attached hydrogens (tertiary/aromatic N) is 1. The average molecular weight is 372 g/mol. The van der Waals surface area contributed by atoms with Gasteiger partial charge in [-0.2, -0.15) is 0 Å². The van der Waals surface area contributed by atoms with Crippen LogP contribution in [0.1, 0.15) is 21.6 Å². The zero-order valence-corrected chi connectivity index (χ0v) is 15.1. The summed E-state index contributed by atoms with van der Waals surface area (Å²) in [4.78, 5) is 16.6. The van der Waals surface area contributed by atoms with Crippen molar-refractivity contribution in [2.45, 2.75) is 17.6 Å². The summed E-state index contributed by atoms with van der Waals surface area (Å²) in [7, 11) is -3.40. The molecule has 2 aromatic carbocycles. The Balaban J connectivity index is 1.71. The molecule has 1 aromatic heterocycles. The predicted molar refractivity (Wildman–Crippen MR) is 98.6 cm³/mol. The lowest BCUT2D eigenvalue weighted by atomic mass is 10.1. The van der Waals surface area contributed by atoms with E-state index in [2.05, 4.69) is 10.3 Å². The molecule has 128 valence electrons. The minimum atomic E-state index is -3.40. The molecular weight excluding hydrogens is 356 g/mol. The number of aryl methyl sites for hydroxylation is 1. The summed E-state index contributed by atoms with van der Waals surface area (Å²) in [6.07, 6.45) is 0. The van der Waals surface area contributed by atoms with Gasteiger partial charge in [0.15, 0.2) is 15.0 Å². The highest BCUT2D eigenvalue weighted by molar-refractivity contribution is 7.90. The van der Waals surface area contributed by atoms with E-state index in [1.807, 2.05) is 12.3 Å². The summed E-state index contributed by atoms with van der Waals surface area (Å²) < 4.78 is 24.8. The fourth-order valence-corrected chi connectivity index (χ4v) is 4.32. The van der Waals surface area contributed by atoms with Crippen molar-refractivity contribution in [3.8, 4) is 0 Å². The largest absolute Gasteiger partial charge is 0.298 e. The van der Waals surface area contributed by atoms with Crippen LogP contribution in [0.3, 0.4) is 0 Å². The lowest BCUT2D eigenvalue weighted by Crippen LogP contribution is -2.12. The lowest BCUT2D eigenvalue weighted by Gasteiger charge is -2.06. The first kappa shape index (κ1) is 17.3. The molecule has 0 unspecified atom stereocenters. The van der Waals surface area contributed by atoms with Crippen molar-refractivity contribution < 1.29 is 13.2 Å². The number of hydrogen-bond donors (Lipinski definition) is 1. The number of anilines is 1. The number of aromatic nitrogens is 1. The number of sulfone groups is 1. The second kappa shape index (κ2) is 7.16. The maximum Gasteiger partial charge on any atom is 0.257 e. The molecule has 0 aliphatic carbocycles. The number of amides is 1. The Morgan fingerprint density at radius 3 is 2.36 bits per heavy atom.